The number of alkyl halides is 8. The molecular weight excluding hydrogens is 334 g/mol. The van der Waals surface area contributed by atoms with Gasteiger partial charge in [-0.1, -0.05) is 0 Å². The molecule has 0 saturated heterocycles. The SMILES string of the molecule is FI(F)C(F)(F)C(F)(F)C(F)(F)F. The summed E-state index contributed by atoms with van der Waals surface area (Å²) >= 11 is -6.58. The molecule has 0 unspecified atom stereocenters. The van der Waals surface area contributed by atoms with Crippen molar-refractivity contribution in [1.29, 1.82) is 0 Å². The van der Waals surface area contributed by atoms with Gasteiger partial charge in [-0.15, -0.1) is 0 Å². The van der Waals surface area contributed by atoms with Crippen molar-refractivity contribution in [2.75, 3.05) is 0 Å². The van der Waals surface area contributed by atoms with E-state index >= 15 is 0 Å². The van der Waals surface area contributed by atoms with Crippen molar-refractivity contribution in [3.8, 4) is 0 Å². The molecule has 0 bridgehead atoms. The molecule has 0 N–H and O–H groups in total. The molecule has 0 nitrogen and oxygen atoms in total. The van der Waals surface area contributed by atoms with Crippen LogP contribution in [0.25, 0.3) is 0 Å². The second-order valence-corrected chi connectivity index (χ2v) is 4.25. The topological polar surface area (TPSA) is 0 Å². The Morgan fingerprint density at radius 2 is 1.00 bits per heavy atom. The van der Waals surface area contributed by atoms with Crippen LogP contribution in [0.15, 0.2) is 0 Å². The van der Waals surface area contributed by atoms with E-state index < -0.39 is 37.0 Å². The molecule has 0 amide bonds. The van der Waals surface area contributed by atoms with Crippen molar-refractivity contribution < 1.29 is 36.5 Å². The van der Waals surface area contributed by atoms with Gasteiger partial charge in [-0.2, -0.15) is 0 Å². The minimum absolute atomic E-state index is 6.25. The molecule has 0 fully saturated rings. The molecule has 0 saturated carbocycles. The summed E-state index contributed by atoms with van der Waals surface area (Å²) in [5.41, 5.74) is 0. The van der Waals surface area contributed by atoms with E-state index in [4.69, 9.17) is 0 Å². The van der Waals surface area contributed by atoms with Gasteiger partial charge in [0.15, 0.2) is 0 Å². The van der Waals surface area contributed by atoms with Crippen LogP contribution in [0.4, 0.5) is 36.5 Å². The van der Waals surface area contributed by atoms with Gasteiger partial charge in [0.05, 0.1) is 0 Å². The third-order valence-electron chi connectivity index (χ3n) is 0.891. The molecule has 0 spiro atoms. The Labute approximate surface area is 74.0 Å². The van der Waals surface area contributed by atoms with Crippen LogP contribution >= 0.6 is 21.0 Å². The van der Waals surface area contributed by atoms with Crippen LogP contribution in [0.5, 0.6) is 0 Å². The first-order valence-electron chi connectivity index (χ1n) is 2.30. The zero-order valence-corrected chi connectivity index (χ0v) is 7.44. The summed E-state index contributed by atoms with van der Waals surface area (Å²) in [6, 6.07) is 0. The molecule has 0 aromatic rings. The van der Waals surface area contributed by atoms with Crippen molar-refractivity contribution in [1.82, 2.24) is 0 Å². The van der Waals surface area contributed by atoms with E-state index in [-0.39, 0.29) is 0 Å². The van der Waals surface area contributed by atoms with E-state index in [0.717, 1.165) is 0 Å². The molecule has 0 radical (unpaired) electrons. The van der Waals surface area contributed by atoms with E-state index in [1.165, 1.54) is 0 Å². The fraction of sp³-hybridized carbons (Fsp3) is 1.00. The summed E-state index contributed by atoms with van der Waals surface area (Å²) in [5, 5.41) is 0. The average Bonchev–Trinajstić information content (AvgIpc) is 1.84. The van der Waals surface area contributed by atoms with Crippen LogP contribution in [0.1, 0.15) is 0 Å². The third-order valence-corrected chi connectivity index (χ3v) is 2.59. The summed E-state index contributed by atoms with van der Waals surface area (Å²) in [4.78, 5) is 0. The standard InChI is InChI=1S/C3F9I/c4-1(5,2(6,7)8)3(9,10)13(11)12. The number of hydrogen-bond acceptors (Lipinski definition) is 0. The quantitative estimate of drug-likeness (QED) is 0.406. The molecule has 0 aliphatic heterocycles. The molecule has 0 aromatic heterocycles. The first-order chi connectivity index (χ1) is 5.44. The molecule has 0 aromatic carbocycles. The Bertz CT molecular complexity index is 180. The summed E-state index contributed by atoms with van der Waals surface area (Å²) in [5.74, 6) is -6.66. The summed E-state index contributed by atoms with van der Waals surface area (Å²) in [7, 11) is 0. The molecule has 0 aliphatic rings. The predicted octanol–water partition coefficient (Wildman–Crippen LogP) is 4.05. The van der Waals surface area contributed by atoms with Crippen molar-refractivity contribution in [2.45, 2.75) is 16.0 Å². The number of hydrogen-bond donors (Lipinski definition) is 0. The van der Waals surface area contributed by atoms with Gasteiger partial charge < -0.3 is 0 Å². The van der Waals surface area contributed by atoms with Crippen molar-refractivity contribution in [3.05, 3.63) is 0 Å². The Kier molecular flexibility index (Phi) is 3.37. The molecule has 10 heteroatoms. The Morgan fingerprint density at radius 3 is 1.08 bits per heavy atom. The second-order valence-electron chi connectivity index (χ2n) is 1.77. The second kappa shape index (κ2) is 3.35. The summed E-state index contributed by atoms with van der Waals surface area (Å²) < 4.78 is 96.4. The average molecular weight is 334 g/mol. The van der Waals surface area contributed by atoms with E-state index in [2.05, 4.69) is 0 Å². The van der Waals surface area contributed by atoms with Crippen LogP contribution in [-0.4, -0.2) is 16.0 Å². The van der Waals surface area contributed by atoms with E-state index in [1.807, 2.05) is 0 Å². The normalized spacial score (nSPS) is 15.9. The summed E-state index contributed by atoms with van der Waals surface area (Å²) in [6.45, 7) is 0. The third kappa shape index (κ3) is 2.13. The first-order valence-corrected chi connectivity index (χ1v) is 5.01. The molecule has 13 heavy (non-hydrogen) atoms. The van der Waals surface area contributed by atoms with Crippen LogP contribution in [-0.2, 0) is 0 Å². The molecule has 0 aliphatic carbocycles. The van der Waals surface area contributed by atoms with Gasteiger partial charge in [-0.3, -0.25) is 0 Å². The van der Waals surface area contributed by atoms with Crippen LogP contribution < -0.4 is 0 Å². The predicted molar refractivity (Wildman–Crippen MR) is 32.2 cm³/mol. The fourth-order valence-corrected chi connectivity index (χ4v) is 1.07. The van der Waals surface area contributed by atoms with Gasteiger partial charge in [0, 0.05) is 0 Å². The summed E-state index contributed by atoms with van der Waals surface area (Å²) in [6.07, 6.45) is -6.66. The van der Waals surface area contributed by atoms with E-state index in [9.17, 15) is 36.5 Å². The Balaban J connectivity index is 5.04. The molecule has 0 atom stereocenters. The van der Waals surface area contributed by atoms with Crippen LogP contribution in [0.2, 0.25) is 0 Å². The zero-order chi connectivity index (χ0) is 11.1. The Hall–Kier alpha value is 0.1000. The molecule has 82 valence electrons. The van der Waals surface area contributed by atoms with Crippen molar-refractivity contribution in [3.63, 3.8) is 0 Å². The van der Waals surface area contributed by atoms with Crippen LogP contribution in [0, 0.1) is 0 Å². The molecular formula is C3F9I. The van der Waals surface area contributed by atoms with Gasteiger partial charge in [0.2, 0.25) is 0 Å². The fourth-order valence-electron chi connectivity index (χ4n) is 0.250. The van der Waals surface area contributed by atoms with Crippen molar-refractivity contribution in [2.24, 2.45) is 0 Å². The van der Waals surface area contributed by atoms with Gasteiger partial charge in [0.25, 0.3) is 0 Å². The van der Waals surface area contributed by atoms with Gasteiger partial charge in [0.1, 0.15) is 0 Å². The molecule has 0 heterocycles. The van der Waals surface area contributed by atoms with Crippen molar-refractivity contribution >= 4 is 21.0 Å². The van der Waals surface area contributed by atoms with E-state index in [1.54, 1.807) is 0 Å². The Morgan fingerprint density at radius 1 is 0.692 bits per heavy atom. The number of rotatable bonds is 2. The maximum absolute atomic E-state index is 11.7. The van der Waals surface area contributed by atoms with Crippen LogP contribution in [0.3, 0.4) is 0 Å². The maximum atomic E-state index is 11.7. The first kappa shape index (κ1) is 13.1. The van der Waals surface area contributed by atoms with E-state index in [0.29, 0.717) is 0 Å². The molecule has 0 rings (SSSR count). The number of halogens is 10. The van der Waals surface area contributed by atoms with Gasteiger partial charge >= 0.3 is 73.4 Å². The van der Waals surface area contributed by atoms with Gasteiger partial charge in [-0.25, -0.2) is 0 Å². The minimum atomic E-state index is -6.66. The van der Waals surface area contributed by atoms with Gasteiger partial charge in [-0.05, 0) is 0 Å². The monoisotopic (exact) mass is 334 g/mol. The zero-order valence-electron chi connectivity index (χ0n) is 5.28.